The smallest absolute Gasteiger partial charge is 0.253 e. The van der Waals surface area contributed by atoms with Crippen LogP contribution in [0, 0.1) is 0 Å². The maximum absolute atomic E-state index is 13.0. The summed E-state index contributed by atoms with van der Waals surface area (Å²) in [6.45, 7) is 3.86. The van der Waals surface area contributed by atoms with E-state index in [4.69, 9.17) is 16.6 Å². The Hall–Kier alpha value is -2.32. The molecule has 4 rings (SSSR count). The number of carbonyl (C=O) groups excluding carboxylic acids is 2. The van der Waals surface area contributed by atoms with E-state index in [0.717, 1.165) is 11.4 Å². The van der Waals surface area contributed by atoms with Crippen LogP contribution in [-0.2, 0) is 10.5 Å². The van der Waals surface area contributed by atoms with Gasteiger partial charge in [0.15, 0.2) is 5.16 Å². The summed E-state index contributed by atoms with van der Waals surface area (Å²) in [6.07, 6.45) is 6.20. The Balaban J connectivity index is 1.38. The van der Waals surface area contributed by atoms with Gasteiger partial charge in [-0.05, 0) is 30.5 Å². The van der Waals surface area contributed by atoms with Crippen LogP contribution in [0.5, 0.6) is 0 Å². The topological polar surface area (TPSA) is 69.6 Å². The Morgan fingerprint density at radius 1 is 1.06 bits per heavy atom. The number of piperazine rings is 1. The molecule has 9 heteroatoms. The third-order valence-corrected chi connectivity index (χ3v) is 7.81. The summed E-state index contributed by atoms with van der Waals surface area (Å²) in [7, 11) is 2.09. The zero-order valence-electron chi connectivity index (χ0n) is 19.9. The van der Waals surface area contributed by atoms with Crippen molar-refractivity contribution in [2.75, 3.05) is 38.1 Å². The van der Waals surface area contributed by atoms with E-state index in [1.807, 2.05) is 35.2 Å². The number of carbonyl (C=O) groups is 2. The van der Waals surface area contributed by atoms with E-state index >= 15 is 0 Å². The molecule has 2 aliphatic rings. The lowest BCUT2D eigenvalue weighted by molar-refractivity contribution is -0.130. The normalized spacial score (nSPS) is 17.0. The van der Waals surface area contributed by atoms with Gasteiger partial charge in [0, 0.05) is 63.6 Å². The number of hydrogen-bond acceptors (Lipinski definition) is 6. The first-order chi connectivity index (χ1) is 16.4. The Bertz CT molecular complexity index is 1020. The molecule has 2 fully saturated rings. The van der Waals surface area contributed by atoms with E-state index < -0.39 is 0 Å². The largest absolute Gasteiger partial charge is 0.357 e. The summed E-state index contributed by atoms with van der Waals surface area (Å²) < 4.78 is 0. The summed E-state index contributed by atoms with van der Waals surface area (Å²) in [5, 5.41) is 1.09. The summed E-state index contributed by atoms with van der Waals surface area (Å²) in [4.78, 5) is 39.5. The summed E-state index contributed by atoms with van der Waals surface area (Å²) in [5.41, 5.74) is 1.70. The third-order valence-electron chi connectivity index (χ3n) is 6.70. The predicted molar refractivity (Wildman–Crippen MR) is 136 cm³/mol. The van der Waals surface area contributed by atoms with Gasteiger partial charge in [0.05, 0.1) is 0 Å². The van der Waals surface area contributed by atoms with Gasteiger partial charge in [-0.2, -0.15) is 0 Å². The van der Waals surface area contributed by atoms with Crippen LogP contribution in [0.4, 0.5) is 5.82 Å². The first-order valence-electron chi connectivity index (χ1n) is 11.9. The van der Waals surface area contributed by atoms with Gasteiger partial charge in [0.25, 0.3) is 5.91 Å². The van der Waals surface area contributed by atoms with E-state index in [2.05, 4.69) is 16.9 Å². The SMILES string of the molecule is CC(=O)N1CCN(C(=O)c2cccc(CSc3nc(Cl)cc(N(C)C4CCCCC4)n3)c2)CC1. The minimum atomic E-state index is 0.00505. The molecule has 7 nitrogen and oxygen atoms in total. The van der Waals surface area contributed by atoms with Crippen LogP contribution in [-0.4, -0.2) is 70.9 Å². The lowest BCUT2D eigenvalue weighted by Gasteiger charge is -2.34. The van der Waals surface area contributed by atoms with Crippen molar-refractivity contribution in [2.24, 2.45) is 0 Å². The first-order valence-corrected chi connectivity index (χ1v) is 13.3. The minimum Gasteiger partial charge on any atom is -0.357 e. The van der Waals surface area contributed by atoms with Crippen LogP contribution in [0.1, 0.15) is 54.9 Å². The lowest BCUT2D eigenvalue weighted by atomic mass is 9.94. The van der Waals surface area contributed by atoms with Gasteiger partial charge < -0.3 is 14.7 Å². The van der Waals surface area contributed by atoms with Crippen molar-refractivity contribution in [1.29, 1.82) is 0 Å². The first kappa shape index (κ1) is 24.8. The molecule has 2 amide bonds. The van der Waals surface area contributed by atoms with Crippen molar-refractivity contribution in [3.63, 3.8) is 0 Å². The molecular formula is C25H32ClN5O2S. The second-order valence-corrected chi connectivity index (χ2v) is 10.4. The quantitative estimate of drug-likeness (QED) is 0.330. The van der Waals surface area contributed by atoms with E-state index in [-0.39, 0.29) is 11.8 Å². The zero-order valence-corrected chi connectivity index (χ0v) is 21.4. The number of thioether (sulfide) groups is 1. The Labute approximate surface area is 210 Å². The van der Waals surface area contributed by atoms with E-state index in [0.29, 0.717) is 53.8 Å². The van der Waals surface area contributed by atoms with Gasteiger partial charge in [-0.15, -0.1) is 0 Å². The molecule has 0 radical (unpaired) electrons. The third kappa shape index (κ3) is 6.21. The summed E-state index contributed by atoms with van der Waals surface area (Å²) in [6, 6.07) is 10.0. The van der Waals surface area contributed by atoms with Crippen LogP contribution in [0.25, 0.3) is 0 Å². The maximum atomic E-state index is 13.0. The van der Waals surface area contributed by atoms with Gasteiger partial charge >= 0.3 is 0 Å². The fourth-order valence-corrected chi connectivity index (χ4v) is 5.66. The van der Waals surface area contributed by atoms with Crippen LogP contribution >= 0.6 is 23.4 Å². The van der Waals surface area contributed by atoms with Gasteiger partial charge in [-0.3, -0.25) is 9.59 Å². The number of anilines is 1. The molecule has 0 spiro atoms. The number of aromatic nitrogens is 2. The second-order valence-electron chi connectivity index (χ2n) is 9.02. The standard InChI is InChI=1S/C25H32ClN5O2S/c1-18(32)30-11-13-31(14-12-30)24(33)20-8-6-7-19(15-20)17-34-25-27-22(26)16-23(28-25)29(2)21-9-4-3-5-10-21/h6-8,15-16,21H,3-5,9-14,17H2,1-2H3. The molecule has 182 valence electrons. The molecular weight excluding hydrogens is 470 g/mol. The van der Waals surface area contributed by atoms with Crippen LogP contribution in [0.15, 0.2) is 35.5 Å². The van der Waals surface area contributed by atoms with Crippen molar-refractivity contribution >= 4 is 41.0 Å². The van der Waals surface area contributed by atoms with Crippen molar-refractivity contribution < 1.29 is 9.59 Å². The van der Waals surface area contributed by atoms with Crippen molar-refractivity contribution in [3.05, 3.63) is 46.6 Å². The Morgan fingerprint density at radius 2 is 1.76 bits per heavy atom. The molecule has 1 aliphatic heterocycles. The highest BCUT2D eigenvalue weighted by atomic mass is 35.5. The Morgan fingerprint density at radius 3 is 2.47 bits per heavy atom. The highest BCUT2D eigenvalue weighted by molar-refractivity contribution is 7.98. The van der Waals surface area contributed by atoms with Gasteiger partial charge in [0.1, 0.15) is 11.0 Å². The molecule has 2 heterocycles. The molecule has 1 aromatic carbocycles. The molecule has 0 unspecified atom stereocenters. The number of benzene rings is 1. The monoisotopic (exact) mass is 501 g/mol. The highest BCUT2D eigenvalue weighted by Crippen LogP contribution is 2.29. The molecule has 0 bridgehead atoms. The minimum absolute atomic E-state index is 0.00505. The average Bonchev–Trinajstić information content (AvgIpc) is 2.87. The zero-order chi connectivity index (χ0) is 24.1. The number of amides is 2. The van der Waals surface area contributed by atoms with Gasteiger partial charge in [-0.1, -0.05) is 54.8 Å². The van der Waals surface area contributed by atoms with E-state index in [9.17, 15) is 9.59 Å². The molecule has 1 saturated carbocycles. The molecule has 0 N–H and O–H groups in total. The highest BCUT2D eigenvalue weighted by Gasteiger charge is 2.24. The van der Waals surface area contributed by atoms with Crippen LogP contribution in [0.3, 0.4) is 0 Å². The number of halogens is 1. The number of hydrogen-bond donors (Lipinski definition) is 0. The lowest BCUT2D eigenvalue weighted by Crippen LogP contribution is -2.50. The fourth-order valence-electron chi connectivity index (χ4n) is 4.64. The molecule has 1 aromatic heterocycles. The Kier molecular flexibility index (Phi) is 8.32. The van der Waals surface area contributed by atoms with Crippen molar-refractivity contribution in [1.82, 2.24) is 19.8 Å². The predicted octanol–water partition coefficient (Wildman–Crippen LogP) is 4.50. The average molecular weight is 502 g/mol. The molecule has 0 atom stereocenters. The molecule has 1 saturated heterocycles. The molecule has 1 aliphatic carbocycles. The van der Waals surface area contributed by atoms with Gasteiger partial charge in [-0.25, -0.2) is 9.97 Å². The van der Waals surface area contributed by atoms with Crippen LogP contribution in [0.2, 0.25) is 5.15 Å². The summed E-state index contributed by atoms with van der Waals surface area (Å²) in [5.74, 6) is 1.57. The fraction of sp³-hybridized carbons (Fsp3) is 0.520. The number of rotatable bonds is 6. The van der Waals surface area contributed by atoms with Crippen molar-refractivity contribution in [2.45, 2.75) is 56.0 Å². The molecule has 2 aromatic rings. The summed E-state index contributed by atoms with van der Waals surface area (Å²) >= 11 is 7.85. The second kappa shape index (κ2) is 11.4. The number of nitrogens with zero attached hydrogens (tertiary/aromatic N) is 5. The van der Waals surface area contributed by atoms with E-state index in [1.165, 1.54) is 43.9 Å². The van der Waals surface area contributed by atoms with Crippen LogP contribution < -0.4 is 4.90 Å². The van der Waals surface area contributed by atoms with Crippen molar-refractivity contribution in [3.8, 4) is 0 Å². The van der Waals surface area contributed by atoms with Gasteiger partial charge in [0.2, 0.25) is 5.91 Å². The maximum Gasteiger partial charge on any atom is 0.253 e. The van der Waals surface area contributed by atoms with E-state index in [1.54, 1.807) is 11.8 Å². The molecule has 34 heavy (non-hydrogen) atoms.